The minimum atomic E-state index is -3.67. The van der Waals surface area contributed by atoms with Gasteiger partial charge in [0, 0.05) is 36.4 Å². The van der Waals surface area contributed by atoms with E-state index < -0.39 is 10.0 Å². The van der Waals surface area contributed by atoms with E-state index in [0.29, 0.717) is 29.4 Å². The van der Waals surface area contributed by atoms with Gasteiger partial charge in [-0.2, -0.15) is 0 Å². The molecule has 1 aromatic carbocycles. The normalized spacial score (nSPS) is 14.1. The van der Waals surface area contributed by atoms with Crippen molar-refractivity contribution in [2.24, 2.45) is 0 Å². The molecule has 2 heterocycles. The summed E-state index contributed by atoms with van der Waals surface area (Å²) in [6.45, 7) is 1.90. The van der Waals surface area contributed by atoms with E-state index in [-0.39, 0.29) is 31.3 Å². The monoisotopic (exact) mass is 584 g/mol. The fraction of sp³-hybridized carbons (Fsp3) is 0.304. The highest BCUT2D eigenvalue weighted by Gasteiger charge is 2.30. The van der Waals surface area contributed by atoms with Gasteiger partial charge in [0.2, 0.25) is 0 Å². The number of Topliss-reactive ketones (excluding diaryl/α,β-unsaturated/α-hetero) is 2. The highest BCUT2D eigenvalue weighted by Crippen LogP contribution is 2.33. The summed E-state index contributed by atoms with van der Waals surface area (Å²) in [6.07, 6.45) is 5.80. The van der Waals surface area contributed by atoms with Gasteiger partial charge in [0.25, 0.3) is 10.0 Å². The van der Waals surface area contributed by atoms with E-state index in [2.05, 4.69) is 36.8 Å². The molecule has 1 N–H and O–H groups in total. The van der Waals surface area contributed by atoms with Gasteiger partial charge in [0.15, 0.2) is 11.6 Å². The summed E-state index contributed by atoms with van der Waals surface area (Å²) < 4.78 is 27.8. The molecule has 0 saturated carbocycles. The summed E-state index contributed by atoms with van der Waals surface area (Å²) in [5.74, 6) is 0.260. The second-order valence-electron chi connectivity index (χ2n) is 7.27. The van der Waals surface area contributed by atoms with Crippen LogP contribution in [0.2, 0.25) is 0 Å². The molecule has 0 radical (unpaired) electrons. The number of H-pyrrole nitrogens is 1. The molecule has 6 nitrogen and oxygen atoms in total. The molecule has 0 aliphatic heterocycles. The lowest BCUT2D eigenvalue weighted by molar-refractivity contribution is 0.0986. The lowest BCUT2D eigenvalue weighted by Gasteiger charge is -2.08. The molecule has 0 atom stereocenters. The first-order chi connectivity index (χ1) is 14.2. The topological polar surface area (TPSA) is 89.0 Å². The van der Waals surface area contributed by atoms with Crippen molar-refractivity contribution in [3.8, 4) is 0 Å². The van der Waals surface area contributed by atoms with Crippen molar-refractivity contribution >= 4 is 53.4 Å². The molecule has 0 spiro atoms. The SMILES string of the molecule is C.C.Cc1ccc(S(=O)(=O)n2cc3c(c2Br)CCC3=O)cc1.O=C1CCc2c1c[nH]c2Br. The Kier molecular flexibility index (Phi) is 8.12. The standard InChI is InChI=1S/C14H12BrNO3S.C7H6BrNO.2CH4/c1-9-2-4-10(5-3-9)20(18,19)16-8-12-11(14(16)15)6-7-13(12)17;8-7-4-1-2-6(10)5(4)3-9-7;;/h2-5,8H,6-7H2,1H3;3,9H,1-2H2;2*1H4. The zero-order valence-corrected chi connectivity index (χ0v) is 20.0. The maximum atomic E-state index is 12.6. The van der Waals surface area contributed by atoms with Gasteiger partial charge in [-0.15, -0.1) is 0 Å². The van der Waals surface area contributed by atoms with Crippen LogP contribution < -0.4 is 0 Å². The maximum absolute atomic E-state index is 12.6. The molecule has 2 aliphatic rings. The second kappa shape index (κ2) is 9.89. The Bertz CT molecular complexity index is 1270. The van der Waals surface area contributed by atoms with Crippen LogP contribution in [0.25, 0.3) is 0 Å². The molecule has 172 valence electrons. The van der Waals surface area contributed by atoms with Crippen LogP contribution in [0.5, 0.6) is 0 Å². The highest BCUT2D eigenvalue weighted by atomic mass is 79.9. The zero-order valence-electron chi connectivity index (χ0n) is 16.0. The van der Waals surface area contributed by atoms with E-state index in [4.69, 9.17) is 0 Å². The van der Waals surface area contributed by atoms with Crippen molar-refractivity contribution in [3.63, 3.8) is 0 Å². The van der Waals surface area contributed by atoms with Crippen molar-refractivity contribution in [2.75, 3.05) is 0 Å². The van der Waals surface area contributed by atoms with Gasteiger partial charge in [-0.1, -0.05) is 32.5 Å². The number of benzene rings is 1. The molecular weight excluding hydrogens is 560 g/mol. The van der Waals surface area contributed by atoms with Gasteiger partial charge in [-0.25, -0.2) is 12.4 Å². The van der Waals surface area contributed by atoms with Gasteiger partial charge in [0.05, 0.1) is 9.50 Å². The lowest BCUT2D eigenvalue weighted by Crippen LogP contribution is -2.13. The number of rotatable bonds is 2. The Hall–Kier alpha value is -1.97. The smallest absolute Gasteiger partial charge is 0.268 e. The average Bonchev–Trinajstić information content (AvgIpc) is 3.44. The molecular formula is C23H26Br2N2O4S. The number of hydrogen-bond donors (Lipinski definition) is 1. The Morgan fingerprint density at radius 2 is 1.44 bits per heavy atom. The van der Waals surface area contributed by atoms with Crippen LogP contribution in [0, 0.1) is 6.92 Å². The highest BCUT2D eigenvalue weighted by molar-refractivity contribution is 9.10. The number of ketones is 2. The summed E-state index contributed by atoms with van der Waals surface area (Å²) in [4.78, 5) is 25.9. The van der Waals surface area contributed by atoms with Crippen LogP contribution in [0.3, 0.4) is 0 Å². The van der Waals surface area contributed by atoms with Gasteiger partial charge in [0.1, 0.15) is 4.60 Å². The third kappa shape index (κ3) is 4.56. The molecule has 5 rings (SSSR count). The number of halogens is 2. The first-order valence-corrected chi connectivity index (χ1v) is 12.4. The van der Waals surface area contributed by atoms with Crippen molar-refractivity contribution in [2.45, 2.75) is 52.4 Å². The Balaban J connectivity index is 0.000000257. The molecule has 0 saturated heterocycles. The minimum absolute atomic E-state index is 0. The maximum Gasteiger partial charge on any atom is 0.268 e. The van der Waals surface area contributed by atoms with E-state index >= 15 is 0 Å². The summed E-state index contributed by atoms with van der Waals surface area (Å²) in [6, 6.07) is 6.65. The largest absolute Gasteiger partial charge is 0.355 e. The number of nitrogens with zero attached hydrogens (tertiary/aromatic N) is 1. The van der Waals surface area contributed by atoms with Crippen molar-refractivity contribution in [1.82, 2.24) is 8.96 Å². The van der Waals surface area contributed by atoms with E-state index in [0.717, 1.165) is 37.3 Å². The fourth-order valence-electron chi connectivity index (χ4n) is 3.64. The number of carbonyl (C=O) groups excluding carboxylic acids is 2. The molecule has 0 amide bonds. The minimum Gasteiger partial charge on any atom is -0.355 e. The second-order valence-corrected chi connectivity index (χ2v) is 10.6. The Labute approximate surface area is 205 Å². The molecule has 0 bridgehead atoms. The van der Waals surface area contributed by atoms with Crippen LogP contribution in [0.15, 0.2) is 50.8 Å². The summed E-state index contributed by atoms with van der Waals surface area (Å²) in [5.41, 5.74) is 4.29. The van der Waals surface area contributed by atoms with E-state index in [1.54, 1.807) is 30.5 Å². The van der Waals surface area contributed by atoms with E-state index in [1.807, 2.05) is 6.92 Å². The van der Waals surface area contributed by atoms with Gasteiger partial charge >= 0.3 is 0 Å². The van der Waals surface area contributed by atoms with Gasteiger partial charge in [-0.3, -0.25) is 9.59 Å². The van der Waals surface area contributed by atoms with Crippen molar-refractivity contribution < 1.29 is 18.0 Å². The Morgan fingerprint density at radius 3 is 2.00 bits per heavy atom. The van der Waals surface area contributed by atoms with Crippen molar-refractivity contribution in [1.29, 1.82) is 0 Å². The quantitative estimate of drug-likeness (QED) is 0.393. The van der Waals surface area contributed by atoms with Gasteiger partial charge in [-0.05, 0) is 74.9 Å². The summed E-state index contributed by atoms with van der Waals surface area (Å²) >= 11 is 6.65. The molecule has 3 aromatic rings. The fourth-order valence-corrected chi connectivity index (χ4v) is 6.53. The summed E-state index contributed by atoms with van der Waals surface area (Å²) in [5, 5.41) is 0. The average molecular weight is 586 g/mol. The number of hydrogen-bond acceptors (Lipinski definition) is 4. The first kappa shape index (κ1) is 26.3. The van der Waals surface area contributed by atoms with Crippen LogP contribution in [-0.2, 0) is 22.9 Å². The molecule has 0 fully saturated rings. The third-order valence-electron chi connectivity index (χ3n) is 5.33. The van der Waals surface area contributed by atoms with Gasteiger partial charge < -0.3 is 4.98 Å². The zero-order chi connectivity index (χ0) is 21.6. The number of nitrogens with one attached hydrogen (secondary N) is 1. The predicted molar refractivity (Wildman–Crippen MR) is 133 cm³/mol. The molecule has 2 aliphatic carbocycles. The van der Waals surface area contributed by atoms with Crippen LogP contribution in [0.1, 0.15) is 65.1 Å². The summed E-state index contributed by atoms with van der Waals surface area (Å²) in [7, 11) is -3.67. The number of aryl methyl sites for hydroxylation is 1. The van der Waals surface area contributed by atoms with Crippen molar-refractivity contribution in [3.05, 3.63) is 73.7 Å². The first-order valence-electron chi connectivity index (χ1n) is 9.34. The van der Waals surface area contributed by atoms with Crippen LogP contribution in [-0.4, -0.2) is 28.9 Å². The predicted octanol–water partition coefficient (Wildman–Crippen LogP) is 6.10. The molecule has 0 unspecified atom stereocenters. The van der Waals surface area contributed by atoms with E-state index in [1.165, 1.54) is 6.20 Å². The van der Waals surface area contributed by atoms with Crippen LogP contribution >= 0.6 is 31.9 Å². The number of aromatic nitrogens is 2. The Morgan fingerprint density at radius 1 is 0.875 bits per heavy atom. The number of fused-ring (bicyclic) bond motifs is 2. The molecule has 2 aromatic heterocycles. The number of carbonyl (C=O) groups is 2. The van der Waals surface area contributed by atoms with Crippen LogP contribution in [0.4, 0.5) is 0 Å². The molecule has 32 heavy (non-hydrogen) atoms. The third-order valence-corrected chi connectivity index (χ3v) is 8.81. The lowest BCUT2D eigenvalue weighted by atomic mass is 10.2. The van der Waals surface area contributed by atoms with E-state index in [9.17, 15) is 18.0 Å². The number of aromatic amines is 1. The molecule has 9 heteroatoms.